The summed E-state index contributed by atoms with van der Waals surface area (Å²) in [6.07, 6.45) is 2.77. The van der Waals surface area contributed by atoms with Crippen LogP contribution in [0.2, 0.25) is 0 Å². The molecule has 1 amide bonds. The normalized spacial score (nSPS) is 12.4. The third-order valence-electron chi connectivity index (χ3n) is 4.19. The minimum Gasteiger partial charge on any atom is -0.497 e. The van der Waals surface area contributed by atoms with Crippen LogP contribution in [0.3, 0.4) is 0 Å². The lowest BCUT2D eigenvalue weighted by Crippen LogP contribution is -2.15. The molecule has 25 heavy (non-hydrogen) atoms. The van der Waals surface area contributed by atoms with Crippen molar-refractivity contribution in [1.29, 1.82) is 0 Å². The summed E-state index contributed by atoms with van der Waals surface area (Å²) < 4.78 is 15.3. The molecule has 0 saturated heterocycles. The second-order valence-corrected chi connectivity index (χ2v) is 6.68. The second kappa shape index (κ2) is 7.14. The highest BCUT2D eigenvalue weighted by Gasteiger charge is 2.28. The van der Waals surface area contributed by atoms with Crippen molar-refractivity contribution in [2.75, 3.05) is 26.6 Å². The number of aryl methyl sites for hydroxylation is 1. The summed E-state index contributed by atoms with van der Waals surface area (Å²) >= 11 is 1.44. The Balaban J connectivity index is 1.93. The van der Waals surface area contributed by atoms with Crippen LogP contribution in [0.4, 0.5) is 5.00 Å². The SMILES string of the molecule is COC(=O)c1c(NC(=O)c2ccc(OC)cc2OC)sc2c1CCC2. The number of rotatable bonds is 5. The first-order valence-corrected chi connectivity index (χ1v) is 8.67. The number of methoxy groups -OCH3 is 3. The Morgan fingerprint density at radius 1 is 1.12 bits per heavy atom. The Labute approximate surface area is 149 Å². The average molecular weight is 361 g/mol. The summed E-state index contributed by atoms with van der Waals surface area (Å²) in [7, 11) is 4.38. The van der Waals surface area contributed by atoms with E-state index in [0.29, 0.717) is 27.6 Å². The zero-order chi connectivity index (χ0) is 18.0. The molecule has 7 heteroatoms. The van der Waals surface area contributed by atoms with E-state index in [4.69, 9.17) is 14.2 Å². The molecule has 1 aromatic carbocycles. The summed E-state index contributed by atoms with van der Waals surface area (Å²) in [5.74, 6) is 0.236. The standard InChI is InChI=1S/C18H19NO5S/c1-22-10-7-8-11(13(9-10)23-2)16(20)19-17-15(18(21)24-3)12-5-4-6-14(12)25-17/h7-9H,4-6H2,1-3H3,(H,19,20). The molecule has 1 aliphatic rings. The number of fused-ring (bicyclic) bond motifs is 1. The number of carbonyl (C=O) groups excluding carboxylic acids is 2. The van der Waals surface area contributed by atoms with Gasteiger partial charge in [-0.1, -0.05) is 0 Å². The first-order chi connectivity index (χ1) is 12.1. The third-order valence-corrected chi connectivity index (χ3v) is 5.40. The topological polar surface area (TPSA) is 73.9 Å². The van der Waals surface area contributed by atoms with Crippen LogP contribution >= 0.6 is 11.3 Å². The van der Waals surface area contributed by atoms with Gasteiger partial charge >= 0.3 is 5.97 Å². The van der Waals surface area contributed by atoms with E-state index in [1.54, 1.807) is 25.3 Å². The molecular weight excluding hydrogens is 342 g/mol. The van der Waals surface area contributed by atoms with Crippen molar-refractivity contribution in [3.8, 4) is 11.5 Å². The van der Waals surface area contributed by atoms with Crippen LogP contribution in [0.15, 0.2) is 18.2 Å². The van der Waals surface area contributed by atoms with Crippen molar-refractivity contribution in [2.45, 2.75) is 19.3 Å². The Hall–Kier alpha value is -2.54. The first-order valence-electron chi connectivity index (χ1n) is 7.85. The van der Waals surface area contributed by atoms with E-state index >= 15 is 0 Å². The molecular formula is C18H19NO5S. The molecule has 0 unspecified atom stereocenters. The van der Waals surface area contributed by atoms with Gasteiger partial charge in [0.05, 0.1) is 32.5 Å². The summed E-state index contributed by atoms with van der Waals surface area (Å²) in [5.41, 5.74) is 1.84. The zero-order valence-corrected chi connectivity index (χ0v) is 15.1. The lowest BCUT2D eigenvalue weighted by atomic mass is 10.1. The lowest BCUT2D eigenvalue weighted by molar-refractivity contribution is 0.0601. The predicted molar refractivity (Wildman–Crippen MR) is 95.2 cm³/mol. The molecule has 0 fully saturated rings. The number of anilines is 1. The van der Waals surface area contributed by atoms with E-state index < -0.39 is 5.97 Å². The fourth-order valence-corrected chi connectivity index (χ4v) is 4.24. The molecule has 0 spiro atoms. The van der Waals surface area contributed by atoms with E-state index in [1.165, 1.54) is 25.6 Å². The van der Waals surface area contributed by atoms with Crippen LogP contribution in [-0.2, 0) is 17.6 Å². The van der Waals surface area contributed by atoms with Crippen molar-refractivity contribution in [2.24, 2.45) is 0 Å². The van der Waals surface area contributed by atoms with Crippen LogP contribution in [0.5, 0.6) is 11.5 Å². The quantitative estimate of drug-likeness (QED) is 0.827. The van der Waals surface area contributed by atoms with Crippen molar-refractivity contribution in [1.82, 2.24) is 0 Å². The number of carbonyl (C=O) groups is 2. The summed E-state index contributed by atoms with van der Waals surface area (Å²) in [6, 6.07) is 4.96. The van der Waals surface area contributed by atoms with Gasteiger partial charge in [-0.05, 0) is 37.0 Å². The highest BCUT2D eigenvalue weighted by molar-refractivity contribution is 7.17. The number of benzene rings is 1. The number of hydrogen-bond donors (Lipinski definition) is 1. The molecule has 6 nitrogen and oxygen atoms in total. The largest absolute Gasteiger partial charge is 0.497 e. The molecule has 1 heterocycles. The van der Waals surface area contributed by atoms with Crippen molar-refractivity contribution in [3.63, 3.8) is 0 Å². The summed E-state index contributed by atoms with van der Waals surface area (Å²) in [5, 5.41) is 3.37. The Morgan fingerprint density at radius 2 is 1.92 bits per heavy atom. The monoisotopic (exact) mass is 361 g/mol. The van der Waals surface area contributed by atoms with Gasteiger partial charge in [0, 0.05) is 10.9 Å². The predicted octanol–water partition coefficient (Wildman–Crippen LogP) is 3.29. The van der Waals surface area contributed by atoms with Gasteiger partial charge in [-0.15, -0.1) is 11.3 Å². The molecule has 132 valence electrons. The maximum Gasteiger partial charge on any atom is 0.341 e. The van der Waals surface area contributed by atoms with Crippen molar-refractivity contribution < 1.29 is 23.8 Å². The summed E-state index contributed by atoms with van der Waals surface area (Å²) in [6.45, 7) is 0. The minimum absolute atomic E-state index is 0.343. The van der Waals surface area contributed by atoms with E-state index in [0.717, 1.165) is 29.7 Å². The van der Waals surface area contributed by atoms with Gasteiger partial charge in [0.15, 0.2) is 0 Å². The molecule has 3 rings (SSSR count). The fraction of sp³-hybridized carbons (Fsp3) is 0.333. The molecule has 0 aliphatic heterocycles. The van der Waals surface area contributed by atoms with Crippen LogP contribution in [0, 0.1) is 0 Å². The molecule has 1 aliphatic carbocycles. The molecule has 0 atom stereocenters. The second-order valence-electron chi connectivity index (χ2n) is 5.57. The molecule has 0 saturated carbocycles. The maximum atomic E-state index is 12.7. The zero-order valence-electron chi connectivity index (χ0n) is 14.3. The molecule has 2 aromatic rings. The van der Waals surface area contributed by atoms with Crippen LogP contribution in [0.1, 0.15) is 37.6 Å². The maximum absolute atomic E-state index is 12.7. The van der Waals surface area contributed by atoms with Gasteiger partial charge in [-0.3, -0.25) is 4.79 Å². The van der Waals surface area contributed by atoms with E-state index in [2.05, 4.69) is 5.32 Å². The Kier molecular flexibility index (Phi) is 4.94. The Morgan fingerprint density at radius 3 is 2.60 bits per heavy atom. The lowest BCUT2D eigenvalue weighted by Gasteiger charge is -2.11. The van der Waals surface area contributed by atoms with E-state index in [1.807, 2.05) is 0 Å². The third kappa shape index (κ3) is 3.19. The number of nitrogens with one attached hydrogen (secondary N) is 1. The number of hydrogen-bond acceptors (Lipinski definition) is 6. The number of thiophene rings is 1. The van der Waals surface area contributed by atoms with Gasteiger partial charge in [-0.25, -0.2) is 4.79 Å². The average Bonchev–Trinajstić information content (AvgIpc) is 3.21. The van der Waals surface area contributed by atoms with Gasteiger partial charge in [0.2, 0.25) is 0 Å². The molecule has 0 bridgehead atoms. The molecule has 1 N–H and O–H groups in total. The highest BCUT2D eigenvalue weighted by atomic mass is 32.1. The van der Waals surface area contributed by atoms with Crippen molar-refractivity contribution >= 4 is 28.2 Å². The number of ether oxygens (including phenoxy) is 3. The number of esters is 1. The Bertz CT molecular complexity index is 827. The number of amides is 1. The van der Waals surface area contributed by atoms with Crippen LogP contribution in [-0.4, -0.2) is 33.2 Å². The highest BCUT2D eigenvalue weighted by Crippen LogP contribution is 2.40. The van der Waals surface area contributed by atoms with Crippen molar-refractivity contribution in [3.05, 3.63) is 39.8 Å². The van der Waals surface area contributed by atoms with Gasteiger partial charge in [0.25, 0.3) is 5.91 Å². The van der Waals surface area contributed by atoms with Gasteiger partial charge in [-0.2, -0.15) is 0 Å². The van der Waals surface area contributed by atoms with E-state index in [-0.39, 0.29) is 5.91 Å². The molecule has 0 radical (unpaired) electrons. The fourth-order valence-electron chi connectivity index (χ4n) is 2.97. The van der Waals surface area contributed by atoms with Gasteiger partial charge < -0.3 is 19.5 Å². The first kappa shape index (κ1) is 17.3. The summed E-state index contributed by atoms with van der Waals surface area (Å²) in [4.78, 5) is 26.0. The molecule has 1 aromatic heterocycles. The van der Waals surface area contributed by atoms with Crippen LogP contribution < -0.4 is 14.8 Å². The smallest absolute Gasteiger partial charge is 0.341 e. The van der Waals surface area contributed by atoms with E-state index in [9.17, 15) is 9.59 Å². The van der Waals surface area contributed by atoms with Crippen LogP contribution in [0.25, 0.3) is 0 Å². The van der Waals surface area contributed by atoms with Gasteiger partial charge in [0.1, 0.15) is 16.5 Å². The minimum atomic E-state index is -0.420.